The van der Waals surface area contributed by atoms with Crippen molar-refractivity contribution in [3.05, 3.63) is 84.4 Å². The van der Waals surface area contributed by atoms with Crippen LogP contribution in [0.15, 0.2) is 73.3 Å². The van der Waals surface area contributed by atoms with E-state index in [1.807, 2.05) is 12.1 Å². The summed E-state index contributed by atoms with van der Waals surface area (Å²) in [4.78, 5) is 24.3. The van der Waals surface area contributed by atoms with Gasteiger partial charge in [0.15, 0.2) is 0 Å². The van der Waals surface area contributed by atoms with Crippen molar-refractivity contribution in [2.24, 2.45) is 0 Å². The molecule has 2 aromatic rings. The quantitative estimate of drug-likeness (QED) is 0.528. The highest BCUT2D eigenvalue weighted by molar-refractivity contribution is 5.90. The highest BCUT2D eigenvalue weighted by Crippen LogP contribution is 2.15. The third-order valence-electron chi connectivity index (χ3n) is 3.63. The van der Waals surface area contributed by atoms with Gasteiger partial charge >= 0.3 is 11.9 Å². The van der Waals surface area contributed by atoms with Crippen LogP contribution in [0.25, 0.3) is 0 Å². The fourth-order valence-corrected chi connectivity index (χ4v) is 2.42. The summed E-state index contributed by atoms with van der Waals surface area (Å²) < 4.78 is 11.0. The van der Waals surface area contributed by atoms with Gasteiger partial charge in [0.05, 0.1) is 11.1 Å². The monoisotopic (exact) mass is 338 g/mol. The number of esters is 2. The summed E-state index contributed by atoms with van der Waals surface area (Å²) >= 11 is 0. The molecule has 130 valence electrons. The first kappa shape index (κ1) is 18.5. The van der Waals surface area contributed by atoms with Gasteiger partial charge in [0, 0.05) is 12.8 Å². The summed E-state index contributed by atoms with van der Waals surface area (Å²) in [5.74, 6) is -0.783. The zero-order valence-electron chi connectivity index (χ0n) is 14.3. The topological polar surface area (TPSA) is 52.6 Å². The van der Waals surface area contributed by atoms with Gasteiger partial charge in [-0.05, 0) is 31.2 Å². The number of rotatable bonds is 8. The summed E-state index contributed by atoms with van der Waals surface area (Å²) in [6.45, 7) is 5.48. The Morgan fingerprint density at radius 3 is 1.88 bits per heavy atom. The molecule has 4 nitrogen and oxygen atoms in total. The average Bonchev–Trinajstić information content (AvgIpc) is 2.63. The van der Waals surface area contributed by atoms with Gasteiger partial charge in [-0.15, -0.1) is 6.58 Å². The molecule has 0 spiro atoms. The second-order valence-corrected chi connectivity index (χ2v) is 5.74. The number of benzene rings is 2. The maximum atomic E-state index is 12.2. The van der Waals surface area contributed by atoms with E-state index in [9.17, 15) is 9.59 Å². The van der Waals surface area contributed by atoms with Gasteiger partial charge in [0.1, 0.15) is 12.2 Å². The molecule has 4 heteroatoms. The van der Waals surface area contributed by atoms with Gasteiger partial charge in [0.25, 0.3) is 0 Å². The van der Waals surface area contributed by atoms with E-state index in [1.54, 1.807) is 61.5 Å². The highest BCUT2D eigenvalue weighted by atomic mass is 16.6. The van der Waals surface area contributed by atoms with Crippen molar-refractivity contribution in [2.75, 3.05) is 0 Å². The normalized spacial score (nSPS) is 12.7. The van der Waals surface area contributed by atoms with Crippen LogP contribution >= 0.6 is 0 Å². The van der Waals surface area contributed by atoms with E-state index in [0.717, 1.165) is 0 Å². The lowest BCUT2D eigenvalue weighted by Crippen LogP contribution is -2.25. The van der Waals surface area contributed by atoms with Crippen molar-refractivity contribution >= 4 is 11.9 Å². The molecular weight excluding hydrogens is 316 g/mol. The Kier molecular flexibility index (Phi) is 6.96. The van der Waals surface area contributed by atoms with Crippen LogP contribution in [0.5, 0.6) is 0 Å². The van der Waals surface area contributed by atoms with Crippen LogP contribution in [0, 0.1) is 0 Å². The van der Waals surface area contributed by atoms with E-state index < -0.39 is 12.1 Å². The van der Waals surface area contributed by atoms with Crippen LogP contribution in [0.3, 0.4) is 0 Å². The third-order valence-corrected chi connectivity index (χ3v) is 3.63. The Balaban J connectivity index is 1.92. The average molecular weight is 338 g/mol. The molecule has 0 aromatic heterocycles. The van der Waals surface area contributed by atoms with Crippen LogP contribution in [-0.2, 0) is 9.47 Å². The molecule has 0 bridgehead atoms. The van der Waals surface area contributed by atoms with Crippen molar-refractivity contribution in [1.82, 2.24) is 0 Å². The molecule has 0 N–H and O–H groups in total. The summed E-state index contributed by atoms with van der Waals surface area (Å²) in [5, 5.41) is 0. The zero-order chi connectivity index (χ0) is 18.1. The first-order valence-electron chi connectivity index (χ1n) is 8.23. The van der Waals surface area contributed by atoms with Crippen molar-refractivity contribution in [3.63, 3.8) is 0 Å². The second kappa shape index (κ2) is 9.42. The number of carbonyl (C=O) groups is 2. The van der Waals surface area contributed by atoms with E-state index in [-0.39, 0.29) is 12.1 Å². The molecule has 2 aromatic carbocycles. The Labute approximate surface area is 148 Å². The number of hydrogen-bond acceptors (Lipinski definition) is 4. The van der Waals surface area contributed by atoms with Crippen molar-refractivity contribution in [1.29, 1.82) is 0 Å². The van der Waals surface area contributed by atoms with Crippen LogP contribution in [0.2, 0.25) is 0 Å². The Morgan fingerprint density at radius 2 is 1.40 bits per heavy atom. The minimum absolute atomic E-state index is 0.388. The SMILES string of the molecule is C=CCC(CC(C)OC(=O)c1ccccc1)OC(=O)c1ccccc1. The Morgan fingerprint density at radius 1 is 0.920 bits per heavy atom. The summed E-state index contributed by atoms with van der Waals surface area (Å²) in [6, 6.07) is 17.6. The number of ether oxygens (including phenoxy) is 2. The lowest BCUT2D eigenvalue weighted by Gasteiger charge is -2.21. The molecule has 0 saturated carbocycles. The fourth-order valence-electron chi connectivity index (χ4n) is 2.42. The first-order chi connectivity index (χ1) is 12.1. The van der Waals surface area contributed by atoms with Crippen LogP contribution in [-0.4, -0.2) is 24.1 Å². The molecule has 0 amide bonds. The number of hydrogen-bond donors (Lipinski definition) is 0. The molecule has 0 fully saturated rings. The predicted octanol–water partition coefficient (Wildman–Crippen LogP) is 4.42. The van der Waals surface area contributed by atoms with Gasteiger partial charge < -0.3 is 9.47 Å². The predicted molar refractivity (Wildman–Crippen MR) is 96.4 cm³/mol. The third kappa shape index (κ3) is 5.92. The molecule has 25 heavy (non-hydrogen) atoms. The molecule has 0 aliphatic carbocycles. The lowest BCUT2D eigenvalue weighted by atomic mass is 10.1. The van der Waals surface area contributed by atoms with Gasteiger partial charge in [0.2, 0.25) is 0 Å². The Bertz CT molecular complexity index is 694. The fraction of sp³-hybridized carbons (Fsp3) is 0.238. The minimum Gasteiger partial charge on any atom is -0.459 e. The van der Waals surface area contributed by atoms with E-state index >= 15 is 0 Å². The van der Waals surface area contributed by atoms with E-state index in [0.29, 0.717) is 24.0 Å². The van der Waals surface area contributed by atoms with Gasteiger partial charge in [-0.25, -0.2) is 9.59 Å². The number of carbonyl (C=O) groups excluding carboxylic acids is 2. The van der Waals surface area contributed by atoms with Crippen molar-refractivity contribution in [3.8, 4) is 0 Å². The van der Waals surface area contributed by atoms with E-state index in [4.69, 9.17) is 9.47 Å². The van der Waals surface area contributed by atoms with Crippen LogP contribution in [0.1, 0.15) is 40.5 Å². The van der Waals surface area contributed by atoms with E-state index in [2.05, 4.69) is 6.58 Å². The van der Waals surface area contributed by atoms with Crippen molar-refractivity contribution in [2.45, 2.75) is 32.0 Å². The molecule has 0 radical (unpaired) electrons. The molecule has 2 rings (SSSR count). The molecule has 2 atom stereocenters. The molecule has 0 heterocycles. The highest BCUT2D eigenvalue weighted by Gasteiger charge is 2.20. The Hall–Kier alpha value is -2.88. The molecule has 0 aliphatic heterocycles. The largest absolute Gasteiger partial charge is 0.459 e. The summed E-state index contributed by atoms with van der Waals surface area (Å²) in [7, 11) is 0. The van der Waals surface area contributed by atoms with Gasteiger partial charge in [-0.1, -0.05) is 42.5 Å². The lowest BCUT2D eigenvalue weighted by molar-refractivity contribution is 0.00432. The van der Waals surface area contributed by atoms with Crippen molar-refractivity contribution < 1.29 is 19.1 Å². The van der Waals surface area contributed by atoms with Gasteiger partial charge in [-0.3, -0.25) is 0 Å². The molecule has 0 aliphatic rings. The van der Waals surface area contributed by atoms with Crippen LogP contribution in [0.4, 0.5) is 0 Å². The molecular formula is C21H22O4. The maximum Gasteiger partial charge on any atom is 0.338 e. The van der Waals surface area contributed by atoms with Crippen LogP contribution < -0.4 is 0 Å². The minimum atomic E-state index is -0.399. The van der Waals surface area contributed by atoms with E-state index in [1.165, 1.54) is 0 Å². The molecule has 0 saturated heterocycles. The second-order valence-electron chi connectivity index (χ2n) is 5.74. The maximum absolute atomic E-state index is 12.2. The molecule has 2 unspecified atom stereocenters. The standard InChI is InChI=1S/C21H22O4/c1-3-10-19(25-21(23)18-13-8-5-9-14-18)15-16(2)24-20(22)17-11-6-4-7-12-17/h3-9,11-14,16,19H,1,10,15H2,2H3. The zero-order valence-corrected chi connectivity index (χ0v) is 14.3. The summed E-state index contributed by atoms with van der Waals surface area (Å²) in [5.41, 5.74) is 0.987. The first-order valence-corrected chi connectivity index (χ1v) is 8.23. The smallest absolute Gasteiger partial charge is 0.338 e. The van der Waals surface area contributed by atoms with Gasteiger partial charge in [-0.2, -0.15) is 0 Å². The summed E-state index contributed by atoms with van der Waals surface area (Å²) in [6.07, 6.45) is 1.80.